The van der Waals surface area contributed by atoms with Crippen molar-refractivity contribution in [3.8, 4) is 5.75 Å². The number of hydrogen-bond acceptors (Lipinski definition) is 3. The molecule has 1 aliphatic heterocycles. The maximum Gasteiger partial charge on any atom is 0.444 e. The van der Waals surface area contributed by atoms with Crippen LogP contribution < -0.4 is 4.74 Å². The molecular formula is C17H12ClF2NO2. The van der Waals surface area contributed by atoms with Crippen molar-refractivity contribution in [1.29, 1.82) is 0 Å². The summed E-state index contributed by atoms with van der Waals surface area (Å²) in [6.45, 7) is 0. The summed E-state index contributed by atoms with van der Waals surface area (Å²) in [6, 6.07) is 12.9. The fourth-order valence-electron chi connectivity index (χ4n) is 2.08. The topological polar surface area (TPSA) is 30.8 Å². The third-order valence-corrected chi connectivity index (χ3v) is 3.51. The molecule has 1 aliphatic rings. The molecule has 0 aliphatic carbocycles. The molecule has 0 aromatic heterocycles. The van der Waals surface area contributed by atoms with Gasteiger partial charge in [0.15, 0.2) is 5.71 Å². The average molecular weight is 336 g/mol. The lowest BCUT2D eigenvalue weighted by atomic mass is 10.2. The van der Waals surface area contributed by atoms with E-state index in [-0.39, 0.29) is 5.76 Å². The van der Waals surface area contributed by atoms with Gasteiger partial charge in [-0.05, 0) is 48.5 Å². The van der Waals surface area contributed by atoms with Crippen molar-refractivity contribution in [2.75, 3.05) is 7.11 Å². The summed E-state index contributed by atoms with van der Waals surface area (Å²) >= 11 is 5.79. The molecule has 3 nitrogen and oxygen atoms in total. The minimum absolute atomic E-state index is 0.0546. The van der Waals surface area contributed by atoms with Crippen LogP contribution in [0.3, 0.4) is 0 Å². The van der Waals surface area contributed by atoms with E-state index < -0.39 is 11.8 Å². The molecular weight excluding hydrogens is 324 g/mol. The zero-order valence-corrected chi connectivity index (χ0v) is 12.8. The number of aliphatic imine (C=N–C) groups is 1. The number of methoxy groups -OCH3 is 1. The lowest BCUT2D eigenvalue weighted by molar-refractivity contribution is -0.125. The number of alkyl halides is 2. The van der Waals surface area contributed by atoms with Crippen molar-refractivity contribution in [2.24, 2.45) is 4.99 Å². The molecule has 2 aromatic rings. The largest absolute Gasteiger partial charge is 0.497 e. The molecule has 0 fully saturated rings. The molecule has 2 aromatic carbocycles. The fourth-order valence-corrected chi connectivity index (χ4v) is 2.20. The van der Waals surface area contributed by atoms with Crippen LogP contribution in [-0.4, -0.2) is 18.9 Å². The first kappa shape index (κ1) is 15.5. The Labute approximate surface area is 136 Å². The van der Waals surface area contributed by atoms with Crippen LogP contribution >= 0.6 is 11.6 Å². The van der Waals surface area contributed by atoms with Crippen LogP contribution in [-0.2, 0) is 4.74 Å². The third-order valence-electron chi connectivity index (χ3n) is 3.25. The van der Waals surface area contributed by atoms with Gasteiger partial charge in [-0.25, -0.2) is 4.99 Å². The standard InChI is InChI=1S/C17H12ClF2NO2/c1-22-14-8-6-13(7-9-14)21-16-10-15(23-17(16,19)20)11-2-4-12(18)5-3-11/h2-10H,1H3. The van der Waals surface area contributed by atoms with Crippen LogP contribution in [0.4, 0.5) is 14.5 Å². The van der Waals surface area contributed by atoms with E-state index in [0.29, 0.717) is 22.0 Å². The van der Waals surface area contributed by atoms with Crippen LogP contribution in [0.25, 0.3) is 5.76 Å². The summed E-state index contributed by atoms with van der Waals surface area (Å²) in [7, 11) is 1.53. The van der Waals surface area contributed by atoms with E-state index >= 15 is 0 Å². The highest BCUT2D eigenvalue weighted by Crippen LogP contribution is 2.36. The van der Waals surface area contributed by atoms with Crippen molar-refractivity contribution in [2.45, 2.75) is 6.11 Å². The van der Waals surface area contributed by atoms with Crippen molar-refractivity contribution in [1.82, 2.24) is 0 Å². The molecule has 0 atom stereocenters. The summed E-state index contributed by atoms with van der Waals surface area (Å²) < 4.78 is 37.8. The molecule has 0 amide bonds. The van der Waals surface area contributed by atoms with Crippen LogP contribution in [0.2, 0.25) is 5.02 Å². The normalized spacial score (nSPS) is 17.7. The molecule has 3 rings (SSSR count). The van der Waals surface area contributed by atoms with E-state index in [0.717, 1.165) is 0 Å². The van der Waals surface area contributed by atoms with Crippen molar-refractivity contribution < 1.29 is 18.3 Å². The Balaban J connectivity index is 1.93. The Morgan fingerprint density at radius 1 is 1.04 bits per heavy atom. The predicted octanol–water partition coefficient (Wildman–Crippen LogP) is 5.09. The second-order valence-electron chi connectivity index (χ2n) is 4.83. The lowest BCUT2D eigenvalue weighted by Crippen LogP contribution is -2.24. The molecule has 118 valence electrons. The summed E-state index contributed by atoms with van der Waals surface area (Å²) in [4.78, 5) is 3.96. The Morgan fingerprint density at radius 3 is 2.30 bits per heavy atom. The van der Waals surface area contributed by atoms with E-state index in [9.17, 15) is 8.78 Å². The Bertz CT molecular complexity index is 768. The first-order chi connectivity index (χ1) is 11.0. The first-order valence-electron chi connectivity index (χ1n) is 6.75. The van der Waals surface area contributed by atoms with Gasteiger partial charge in [-0.1, -0.05) is 11.6 Å². The number of ether oxygens (including phenoxy) is 2. The van der Waals surface area contributed by atoms with Gasteiger partial charge in [0.05, 0.1) is 12.8 Å². The van der Waals surface area contributed by atoms with Gasteiger partial charge in [0.25, 0.3) is 0 Å². The molecule has 0 saturated heterocycles. The van der Waals surface area contributed by atoms with Gasteiger partial charge < -0.3 is 9.47 Å². The van der Waals surface area contributed by atoms with E-state index in [1.807, 2.05) is 0 Å². The van der Waals surface area contributed by atoms with Crippen LogP contribution in [0.15, 0.2) is 59.6 Å². The monoisotopic (exact) mass is 335 g/mol. The van der Waals surface area contributed by atoms with Crippen LogP contribution in [0, 0.1) is 0 Å². The molecule has 0 spiro atoms. The van der Waals surface area contributed by atoms with E-state index in [1.165, 1.54) is 13.2 Å². The molecule has 0 N–H and O–H groups in total. The van der Waals surface area contributed by atoms with Gasteiger partial charge in [0.1, 0.15) is 11.5 Å². The summed E-state index contributed by atoms with van der Waals surface area (Å²) in [5.74, 6) is 0.680. The number of rotatable bonds is 3. The average Bonchev–Trinajstić information content (AvgIpc) is 2.83. The van der Waals surface area contributed by atoms with Crippen molar-refractivity contribution in [3.63, 3.8) is 0 Å². The SMILES string of the molecule is COc1ccc(N=C2C=C(c3ccc(Cl)cc3)OC2(F)F)cc1. The van der Waals surface area contributed by atoms with Gasteiger partial charge >= 0.3 is 6.11 Å². The number of benzene rings is 2. The van der Waals surface area contributed by atoms with Crippen molar-refractivity contribution >= 4 is 28.8 Å². The van der Waals surface area contributed by atoms with Crippen LogP contribution in [0.5, 0.6) is 5.75 Å². The molecule has 0 saturated carbocycles. The van der Waals surface area contributed by atoms with E-state index in [4.69, 9.17) is 21.1 Å². The van der Waals surface area contributed by atoms with E-state index in [2.05, 4.69) is 4.99 Å². The minimum atomic E-state index is -3.48. The predicted molar refractivity (Wildman–Crippen MR) is 85.6 cm³/mol. The summed E-state index contributed by atoms with van der Waals surface area (Å²) in [6.07, 6.45) is -2.25. The van der Waals surface area contributed by atoms with Gasteiger partial charge in [-0.2, -0.15) is 8.78 Å². The van der Waals surface area contributed by atoms with E-state index in [1.54, 1.807) is 48.5 Å². The molecule has 0 radical (unpaired) electrons. The van der Waals surface area contributed by atoms with Gasteiger partial charge in [-0.15, -0.1) is 0 Å². The molecule has 1 heterocycles. The summed E-state index contributed by atoms with van der Waals surface area (Å²) in [5.41, 5.74) is 0.444. The maximum atomic E-state index is 14.0. The maximum absolute atomic E-state index is 14.0. The summed E-state index contributed by atoms with van der Waals surface area (Å²) in [5, 5.41) is 0.520. The highest BCUT2D eigenvalue weighted by atomic mass is 35.5. The molecule has 0 bridgehead atoms. The van der Waals surface area contributed by atoms with Gasteiger partial charge in [0, 0.05) is 16.7 Å². The second kappa shape index (κ2) is 6.01. The molecule has 0 unspecified atom stereocenters. The van der Waals surface area contributed by atoms with Gasteiger partial charge in [-0.3, -0.25) is 0 Å². The number of halogens is 3. The highest BCUT2D eigenvalue weighted by Gasteiger charge is 2.44. The number of nitrogens with zero attached hydrogens (tertiary/aromatic N) is 1. The smallest absolute Gasteiger partial charge is 0.444 e. The Morgan fingerprint density at radius 2 is 1.70 bits per heavy atom. The minimum Gasteiger partial charge on any atom is -0.497 e. The third kappa shape index (κ3) is 3.35. The zero-order valence-electron chi connectivity index (χ0n) is 12.1. The highest BCUT2D eigenvalue weighted by molar-refractivity contribution is 6.30. The quantitative estimate of drug-likeness (QED) is 0.782. The Hall–Kier alpha value is -2.40. The number of hydrogen-bond donors (Lipinski definition) is 0. The molecule has 23 heavy (non-hydrogen) atoms. The van der Waals surface area contributed by atoms with Crippen LogP contribution in [0.1, 0.15) is 5.56 Å². The zero-order chi connectivity index (χ0) is 16.4. The first-order valence-corrected chi connectivity index (χ1v) is 7.13. The molecule has 6 heteroatoms. The fraction of sp³-hybridized carbons (Fsp3) is 0.118. The van der Waals surface area contributed by atoms with Gasteiger partial charge in [0.2, 0.25) is 0 Å². The second-order valence-corrected chi connectivity index (χ2v) is 5.27. The Kier molecular flexibility index (Phi) is 4.05. The van der Waals surface area contributed by atoms with Crippen molar-refractivity contribution in [3.05, 3.63) is 65.2 Å². The lowest BCUT2D eigenvalue weighted by Gasteiger charge is -2.12.